The van der Waals surface area contributed by atoms with Gasteiger partial charge in [0.1, 0.15) is 5.54 Å². The number of nitrogens with zero attached hydrogens (tertiary/aromatic N) is 5. The van der Waals surface area contributed by atoms with Crippen LogP contribution in [-0.4, -0.2) is 37.4 Å². The largest absolute Gasteiger partial charge is 0.350 e. The molecule has 2 aromatic heterocycles. The summed E-state index contributed by atoms with van der Waals surface area (Å²) in [6, 6.07) is 8.97. The average Bonchev–Trinajstić information content (AvgIpc) is 3.35. The second-order valence-corrected chi connectivity index (χ2v) is 8.73. The van der Waals surface area contributed by atoms with E-state index in [4.69, 9.17) is 23.7 Å². The molecule has 4 N–H and O–H groups in total. The van der Waals surface area contributed by atoms with Gasteiger partial charge in [-0.05, 0) is 67.7 Å². The number of aromatic nitrogens is 3. The Hall–Kier alpha value is -3.63. The molecule has 1 aromatic carbocycles. The molecule has 2 aliphatic rings. The molecule has 3 aromatic rings. The maximum absolute atomic E-state index is 13.6. The van der Waals surface area contributed by atoms with E-state index in [2.05, 4.69) is 10.1 Å². The lowest BCUT2D eigenvalue weighted by Gasteiger charge is -2.43. The SMILES string of the molecule is Cc1cc(N2C(=O)C3(CCC3)N(c3ccc(-c4cnn(C(N)=O)c4)cc3)C2=S)cnc1CN. The van der Waals surface area contributed by atoms with Crippen molar-refractivity contribution in [3.8, 4) is 11.1 Å². The molecule has 2 fully saturated rings. The minimum atomic E-state index is -0.671. The topological polar surface area (TPSA) is 123 Å². The Bertz CT molecular complexity index is 1280. The van der Waals surface area contributed by atoms with E-state index >= 15 is 0 Å². The predicted octanol–water partition coefficient (Wildman–Crippen LogP) is 2.70. The molecule has 168 valence electrons. The van der Waals surface area contributed by atoms with Crippen LogP contribution in [0.25, 0.3) is 11.1 Å². The Balaban J connectivity index is 1.49. The van der Waals surface area contributed by atoms with Crippen molar-refractivity contribution in [1.82, 2.24) is 14.8 Å². The molecule has 0 atom stereocenters. The van der Waals surface area contributed by atoms with Gasteiger partial charge >= 0.3 is 6.03 Å². The first-order chi connectivity index (χ1) is 15.9. The van der Waals surface area contributed by atoms with E-state index < -0.39 is 11.6 Å². The van der Waals surface area contributed by atoms with Gasteiger partial charge in [-0.25, -0.2) is 4.79 Å². The summed E-state index contributed by atoms with van der Waals surface area (Å²) in [6.07, 6.45) is 7.27. The van der Waals surface area contributed by atoms with Gasteiger partial charge in [0.05, 0.1) is 23.8 Å². The zero-order valence-corrected chi connectivity index (χ0v) is 18.9. The van der Waals surface area contributed by atoms with Gasteiger partial charge < -0.3 is 16.4 Å². The molecule has 1 saturated carbocycles. The van der Waals surface area contributed by atoms with Gasteiger partial charge in [0.2, 0.25) is 0 Å². The van der Waals surface area contributed by atoms with Crippen molar-refractivity contribution in [2.75, 3.05) is 9.80 Å². The first kappa shape index (κ1) is 21.2. The van der Waals surface area contributed by atoms with Crippen LogP contribution in [-0.2, 0) is 11.3 Å². The van der Waals surface area contributed by atoms with Crippen LogP contribution >= 0.6 is 12.2 Å². The molecular weight excluding hydrogens is 438 g/mol. The number of aryl methyl sites for hydroxylation is 1. The summed E-state index contributed by atoms with van der Waals surface area (Å²) in [7, 11) is 0. The molecule has 1 spiro atoms. The third kappa shape index (κ3) is 3.21. The lowest BCUT2D eigenvalue weighted by Crippen LogP contribution is -2.55. The number of carbonyl (C=O) groups excluding carboxylic acids is 2. The van der Waals surface area contributed by atoms with Crippen LogP contribution in [0.2, 0.25) is 0 Å². The standard InChI is InChI=1S/C23H23N7O2S/c1-14-9-18(12-26-19(14)10-24)29-20(31)23(7-2-8-23)30(22(29)33)17-5-3-15(4-6-17)16-11-27-28(13-16)21(25)32/h3-6,9,11-13H,2,7-8,10,24H2,1H3,(H2,25,32). The van der Waals surface area contributed by atoms with Crippen molar-refractivity contribution >= 4 is 40.6 Å². The molecule has 2 amide bonds. The summed E-state index contributed by atoms with van der Waals surface area (Å²) in [4.78, 5) is 32.9. The Labute approximate surface area is 196 Å². The molecule has 10 heteroatoms. The summed E-state index contributed by atoms with van der Waals surface area (Å²) in [5.41, 5.74) is 15.2. The van der Waals surface area contributed by atoms with Gasteiger partial charge in [0.25, 0.3) is 5.91 Å². The number of rotatable bonds is 4. The first-order valence-corrected chi connectivity index (χ1v) is 11.1. The molecule has 1 aliphatic carbocycles. The van der Waals surface area contributed by atoms with Crippen LogP contribution in [0.4, 0.5) is 16.2 Å². The fraction of sp³-hybridized carbons (Fsp3) is 0.261. The molecule has 33 heavy (non-hydrogen) atoms. The van der Waals surface area contributed by atoms with E-state index in [1.165, 1.54) is 0 Å². The fourth-order valence-electron chi connectivity index (χ4n) is 4.53. The van der Waals surface area contributed by atoms with Gasteiger partial charge in [0.15, 0.2) is 5.11 Å². The Morgan fingerprint density at radius 1 is 1.15 bits per heavy atom. The molecule has 1 saturated heterocycles. The molecule has 9 nitrogen and oxygen atoms in total. The Morgan fingerprint density at radius 3 is 2.42 bits per heavy atom. The number of pyridine rings is 1. The summed E-state index contributed by atoms with van der Waals surface area (Å²) in [5.74, 6) is -0.0211. The van der Waals surface area contributed by atoms with Crippen LogP contribution < -0.4 is 21.3 Å². The van der Waals surface area contributed by atoms with Gasteiger partial charge in [-0.1, -0.05) is 12.1 Å². The van der Waals surface area contributed by atoms with Crippen molar-refractivity contribution in [2.24, 2.45) is 11.5 Å². The van der Waals surface area contributed by atoms with Crippen molar-refractivity contribution in [2.45, 2.75) is 38.3 Å². The summed E-state index contributed by atoms with van der Waals surface area (Å²) in [6.45, 7) is 2.27. The van der Waals surface area contributed by atoms with E-state index in [-0.39, 0.29) is 5.91 Å². The highest BCUT2D eigenvalue weighted by atomic mass is 32.1. The molecule has 3 heterocycles. The quantitative estimate of drug-likeness (QED) is 0.573. The van der Waals surface area contributed by atoms with Crippen LogP contribution in [0.5, 0.6) is 0 Å². The lowest BCUT2D eigenvalue weighted by molar-refractivity contribution is -0.123. The third-order valence-electron chi connectivity index (χ3n) is 6.48. The van der Waals surface area contributed by atoms with Crippen molar-refractivity contribution < 1.29 is 9.59 Å². The first-order valence-electron chi connectivity index (χ1n) is 10.6. The smallest absolute Gasteiger partial charge is 0.339 e. The second kappa shape index (κ2) is 7.75. The van der Waals surface area contributed by atoms with Gasteiger partial charge in [-0.2, -0.15) is 9.78 Å². The number of anilines is 2. The molecule has 0 radical (unpaired) electrons. The highest BCUT2D eigenvalue weighted by Gasteiger charge is 2.59. The van der Waals surface area contributed by atoms with Crippen LogP contribution in [0, 0.1) is 6.92 Å². The Kier molecular flexibility index (Phi) is 4.98. The predicted molar refractivity (Wildman–Crippen MR) is 129 cm³/mol. The van der Waals surface area contributed by atoms with Gasteiger partial charge in [0, 0.05) is 24.0 Å². The van der Waals surface area contributed by atoms with Crippen molar-refractivity contribution in [3.05, 3.63) is 60.2 Å². The maximum Gasteiger partial charge on any atom is 0.339 e. The van der Waals surface area contributed by atoms with Crippen LogP contribution in [0.15, 0.2) is 48.9 Å². The zero-order chi connectivity index (χ0) is 23.3. The number of hydrogen-bond donors (Lipinski definition) is 2. The van der Waals surface area contributed by atoms with E-state index in [1.54, 1.807) is 23.5 Å². The number of amides is 2. The third-order valence-corrected chi connectivity index (χ3v) is 6.85. The van der Waals surface area contributed by atoms with Crippen molar-refractivity contribution in [3.63, 3.8) is 0 Å². The highest BCUT2D eigenvalue weighted by Crippen LogP contribution is 2.48. The van der Waals surface area contributed by atoms with E-state index in [1.807, 2.05) is 42.2 Å². The summed E-state index contributed by atoms with van der Waals surface area (Å²) < 4.78 is 1.09. The maximum atomic E-state index is 13.6. The average molecular weight is 462 g/mol. The number of nitrogens with two attached hydrogens (primary N) is 2. The summed E-state index contributed by atoms with van der Waals surface area (Å²) >= 11 is 5.83. The van der Waals surface area contributed by atoms with Gasteiger partial charge in [-0.3, -0.25) is 14.7 Å². The van der Waals surface area contributed by atoms with E-state index in [0.29, 0.717) is 17.3 Å². The fourth-order valence-corrected chi connectivity index (χ4v) is 5.00. The molecule has 5 rings (SSSR count). The number of hydrogen-bond acceptors (Lipinski definition) is 6. The minimum Gasteiger partial charge on any atom is -0.350 e. The lowest BCUT2D eigenvalue weighted by atomic mass is 9.75. The second-order valence-electron chi connectivity index (χ2n) is 8.36. The zero-order valence-electron chi connectivity index (χ0n) is 18.1. The number of benzene rings is 1. The normalized spacial score (nSPS) is 17.0. The van der Waals surface area contributed by atoms with Crippen molar-refractivity contribution in [1.29, 1.82) is 0 Å². The minimum absolute atomic E-state index is 0.0211. The Morgan fingerprint density at radius 2 is 1.88 bits per heavy atom. The molecule has 1 aliphatic heterocycles. The van der Waals surface area contributed by atoms with Gasteiger partial charge in [-0.15, -0.1) is 0 Å². The molecular formula is C23H23N7O2S. The van der Waals surface area contributed by atoms with Crippen LogP contribution in [0.1, 0.15) is 30.5 Å². The van der Waals surface area contributed by atoms with E-state index in [0.717, 1.165) is 52.0 Å². The number of carbonyl (C=O) groups is 2. The molecule has 0 unspecified atom stereocenters. The summed E-state index contributed by atoms with van der Waals surface area (Å²) in [5, 5.41) is 4.41. The van der Waals surface area contributed by atoms with Crippen LogP contribution in [0.3, 0.4) is 0 Å². The number of thiocarbonyl (C=S) groups is 1. The monoisotopic (exact) mass is 461 g/mol. The molecule has 0 bridgehead atoms. The number of primary amides is 1. The highest BCUT2D eigenvalue weighted by molar-refractivity contribution is 7.81. The van der Waals surface area contributed by atoms with E-state index in [9.17, 15) is 9.59 Å².